The molecule has 7 heteroatoms. The van der Waals surface area contributed by atoms with Crippen LogP contribution in [0.4, 0.5) is 22.9 Å². The number of nitrogen functional groups attached to an aromatic ring is 4. The summed E-state index contributed by atoms with van der Waals surface area (Å²) in [5.41, 5.74) is 22.8. The van der Waals surface area contributed by atoms with Gasteiger partial charge in [0, 0.05) is 6.20 Å². The van der Waals surface area contributed by atoms with Gasteiger partial charge in [0.05, 0.1) is 17.1 Å². The Morgan fingerprint density at radius 1 is 1.00 bits per heavy atom. The number of ketones is 1. The molecule has 0 fully saturated rings. The number of hydrogen-bond acceptors (Lipinski definition) is 7. The Labute approximate surface area is 103 Å². The second kappa shape index (κ2) is 4.21. The highest BCUT2D eigenvalue weighted by Gasteiger charge is 2.20. The average molecular weight is 244 g/mol. The van der Waals surface area contributed by atoms with E-state index in [0.29, 0.717) is 0 Å². The molecule has 0 saturated heterocycles. The van der Waals surface area contributed by atoms with Crippen molar-refractivity contribution in [3.63, 3.8) is 0 Å². The molecule has 0 atom stereocenters. The van der Waals surface area contributed by atoms with Gasteiger partial charge in [0.15, 0.2) is 0 Å². The maximum Gasteiger partial charge on any atom is 0.231 e. The standard InChI is InChI=1S/C11H12N6O/c12-6-7(13)9(17-11(15)8(6)14)10(18)5-3-1-2-4-16-5/h1-4H,13-14H2,(H4,12,15,17). The molecule has 0 aromatic carbocycles. The fraction of sp³-hybridized carbons (Fsp3) is 0. The summed E-state index contributed by atoms with van der Waals surface area (Å²) < 4.78 is 0. The molecule has 2 heterocycles. The second-order valence-corrected chi connectivity index (χ2v) is 3.63. The van der Waals surface area contributed by atoms with Crippen LogP contribution in [-0.2, 0) is 0 Å². The first kappa shape index (κ1) is 11.6. The molecule has 2 aromatic rings. The maximum absolute atomic E-state index is 12.1. The summed E-state index contributed by atoms with van der Waals surface area (Å²) >= 11 is 0. The van der Waals surface area contributed by atoms with Gasteiger partial charge in [-0.3, -0.25) is 9.78 Å². The van der Waals surface area contributed by atoms with Crippen LogP contribution in [0.2, 0.25) is 0 Å². The molecule has 0 aliphatic heterocycles. The average Bonchev–Trinajstić information content (AvgIpc) is 2.41. The molecular weight excluding hydrogens is 232 g/mol. The van der Waals surface area contributed by atoms with Gasteiger partial charge in [-0.2, -0.15) is 0 Å². The Morgan fingerprint density at radius 3 is 2.33 bits per heavy atom. The number of nitrogens with zero attached hydrogens (tertiary/aromatic N) is 2. The molecule has 7 nitrogen and oxygen atoms in total. The minimum Gasteiger partial charge on any atom is -0.395 e. The molecule has 0 radical (unpaired) electrons. The van der Waals surface area contributed by atoms with E-state index in [4.69, 9.17) is 22.9 Å². The highest BCUT2D eigenvalue weighted by molar-refractivity contribution is 6.12. The van der Waals surface area contributed by atoms with E-state index in [0.717, 1.165) is 0 Å². The van der Waals surface area contributed by atoms with Crippen molar-refractivity contribution in [3.8, 4) is 0 Å². The number of pyridine rings is 2. The first-order valence-corrected chi connectivity index (χ1v) is 5.08. The lowest BCUT2D eigenvalue weighted by molar-refractivity contribution is 0.103. The monoisotopic (exact) mass is 244 g/mol. The molecular formula is C11H12N6O. The Hall–Kier alpha value is -2.83. The third-order valence-electron chi connectivity index (χ3n) is 2.46. The largest absolute Gasteiger partial charge is 0.395 e. The minimum absolute atomic E-state index is 0.0114. The van der Waals surface area contributed by atoms with Gasteiger partial charge in [0.1, 0.15) is 17.2 Å². The molecule has 92 valence electrons. The summed E-state index contributed by atoms with van der Waals surface area (Å²) in [5, 5.41) is 0. The highest BCUT2D eigenvalue weighted by atomic mass is 16.1. The van der Waals surface area contributed by atoms with Gasteiger partial charge in [-0.15, -0.1) is 0 Å². The van der Waals surface area contributed by atoms with E-state index in [1.807, 2.05) is 0 Å². The topological polar surface area (TPSA) is 147 Å². The molecule has 8 N–H and O–H groups in total. The van der Waals surface area contributed by atoms with Crippen molar-refractivity contribution < 1.29 is 4.79 Å². The summed E-state index contributed by atoms with van der Waals surface area (Å²) in [4.78, 5) is 19.9. The number of carbonyl (C=O) groups excluding carboxylic acids is 1. The van der Waals surface area contributed by atoms with Crippen LogP contribution in [0.15, 0.2) is 24.4 Å². The lowest BCUT2D eigenvalue weighted by Gasteiger charge is -2.10. The summed E-state index contributed by atoms with van der Waals surface area (Å²) in [6, 6.07) is 4.92. The van der Waals surface area contributed by atoms with Crippen molar-refractivity contribution >= 4 is 28.7 Å². The zero-order valence-corrected chi connectivity index (χ0v) is 9.42. The van der Waals surface area contributed by atoms with Gasteiger partial charge in [0.2, 0.25) is 5.78 Å². The third kappa shape index (κ3) is 1.77. The SMILES string of the molecule is Nc1nc(C(=O)c2ccccn2)c(N)c(N)c1N. The molecule has 0 spiro atoms. The lowest BCUT2D eigenvalue weighted by atomic mass is 10.1. The quantitative estimate of drug-likeness (QED) is 0.545. The van der Waals surface area contributed by atoms with Crippen LogP contribution in [0.5, 0.6) is 0 Å². The molecule has 0 amide bonds. The van der Waals surface area contributed by atoms with E-state index >= 15 is 0 Å². The fourth-order valence-electron chi connectivity index (χ4n) is 1.44. The molecule has 0 bridgehead atoms. The number of nitrogens with two attached hydrogens (primary N) is 4. The van der Waals surface area contributed by atoms with Crippen molar-refractivity contribution in [2.24, 2.45) is 0 Å². The Morgan fingerprint density at radius 2 is 1.72 bits per heavy atom. The van der Waals surface area contributed by atoms with E-state index in [9.17, 15) is 4.79 Å². The first-order chi connectivity index (χ1) is 8.52. The molecule has 18 heavy (non-hydrogen) atoms. The molecule has 0 saturated carbocycles. The highest BCUT2D eigenvalue weighted by Crippen LogP contribution is 2.30. The van der Waals surface area contributed by atoms with Crippen LogP contribution in [0, 0.1) is 0 Å². The smallest absolute Gasteiger partial charge is 0.231 e. The molecule has 2 rings (SSSR count). The van der Waals surface area contributed by atoms with Gasteiger partial charge in [-0.1, -0.05) is 6.07 Å². The predicted octanol–water partition coefficient (Wildman–Crippen LogP) is 0.0364. The van der Waals surface area contributed by atoms with Crippen LogP contribution in [-0.4, -0.2) is 15.8 Å². The van der Waals surface area contributed by atoms with E-state index in [1.54, 1.807) is 18.2 Å². The Balaban J connectivity index is 2.56. The van der Waals surface area contributed by atoms with Crippen molar-refractivity contribution in [2.75, 3.05) is 22.9 Å². The minimum atomic E-state index is -0.452. The van der Waals surface area contributed by atoms with Crippen LogP contribution in [0.3, 0.4) is 0 Å². The van der Waals surface area contributed by atoms with Gasteiger partial charge < -0.3 is 22.9 Å². The van der Waals surface area contributed by atoms with Crippen molar-refractivity contribution in [1.82, 2.24) is 9.97 Å². The zero-order valence-electron chi connectivity index (χ0n) is 9.42. The van der Waals surface area contributed by atoms with E-state index in [-0.39, 0.29) is 34.3 Å². The van der Waals surface area contributed by atoms with Crippen molar-refractivity contribution in [2.45, 2.75) is 0 Å². The van der Waals surface area contributed by atoms with Crippen molar-refractivity contribution in [1.29, 1.82) is 0 Å². The fourth-order valence-corrected chi connectivity index (χ4v) is 1.44. The second-order valence-electron chi connectivity index (χ2n) is 3.63. The molecule has 0 aliphatic rings. The lowest BCUT2D eigenvalue weighted by Crippen LogP contribution is -2.15. The summed E-state index contributed by atoms with van der Waals surface area (Å²) in [7, 11) is 0. The number of hydrogen-bond donors (Lipinski definition) is 4. The van der Waals surface area contributed by atoms with E-state index in [1.165, 1.54) is 6.20 Å². The van der Waals surface area contributed by atoms with Gasteiger partial charge in [-0.25, -0.2) is 4.98 Å². The van der Waals surface area contributed by atoms with Crippen LogP contribution in [0.25, 0.3) is 0 Å². The first-order valence-electron chi connectivity index (χ1n) is 5.08. The van der Waals surface area contributed by atoms with E-state index < -0.39 is 5.78 Å². The number of aromatic nitrogens is 2. The number of anilines is 4. The number of rotatable bonds is 2. The molecule has 2 aromatic heterocycles. The Kier molecular flexibility index (Phi) is 2.72. The van der Waals surface area contributed by atoms with Crippen molar-refractivity contribution in [3.05, 3.63) is 35.8 Å². The zero-order chi connectivity index (χ0) is 13.3. The summed E-state index contributed by atoms with van der Waals surface area (Å²) in [6.45, 7) is 0. The predicted molar refractivity (Wildman–Crippen MR) is 69.6 cm³/mol. The molecule has 0 aliphatic carbocycles. The third-order valence-corrected chi connectivity index (χ3v) is 2.46. The van der Waals surface area contributed by atoms with Crippen LogP contribution >= 0.6 is 0 Å². The summed E-state index contributed by atoms with van der Waals surface area (Å²) in [6.07, 6.45) is 1.49. The van der Waals surface area contributed by atoms with Crippen LogP contribution in [0.1, 0.15) is 16.2 Å². The Bertz CT molecular complexity index is 611. The van der Waals surface area contributed by atoms with Crippen LogP contribution < -0.4 is 22.9 Å². The maximum atomic E-state index is 12.1. The van der Waals surface area contributed by atoms with Gasteiger partial charge in [-0.05, 0) is 12.1 Å². The number of carbonyl (C=O) groups is 1. The summed E-state index contributed by atoms with van der Waals surface area (Å²) in [5.74, 6) is -0.479. The molecule has 0 unspecified atom stereocenters. The van der Waals surface area contributed by atoms with Gasteiger partial charge in [0.25, 0.3) is 0 Å². The van der Waals surface area contributed by atoms with E-state index in [2.05, 4.69) is 9.97 Å². The normalized spacial score (nSPS) is 10.2. The van der Waals surface area contributed by atoms with Gasteiger partial charge >= 0.3 is 0 Å².